The van der Waals surface area contributed by atoms with Crippen molar-refractivity contribution < 1.29 is 19.1 Å². The number of thiocarbonyl (C=S) groups is 1. The van der Waals surface area contributed by atoms with E-state index in [1.54, 1.807) is 24.4 Å². The quantitative estimate of drug-likeness (QED) is 0.517. The van der Waals surface area contributed by atoms with Crippen LogP contribution in [-0.4, -0.2) is 45.3 Å². The molecule has 2 aliphatic heterocycles. The number of aromatic nitrogens is 1. The van der Waals surface area contributed by atoms with E-state index < -0.39 is 5.97 Å². The standard InChI is InChI=1S/C25H25N3O4S/c1-15-13-16(24(29)30)7-8-18(15)20-9-10-21(32-20)23-22(19-6-2-3-11-26-19)27-25(33)28(23)14-17-5-4-12-31-17/h2-3,6-11,13,17,22-23H,4-5,12,14H2,1H3,(H,27,33)(H,29,30)/t17-,22-,23-/m1/s1. The molecule has 0 saturated carbocycles. The molecule has 0 amide bonds. The van der Waals surface area contributed by atoms with Crippen LogP contribution in [0.3, 0.4) is 0 Å². The maximum atomic E-state index is 11.3. The number of nitrogens with one attached hydrogen (secondary N) is 1. The summed E-state index contributed by atoms with van der Waals surface area (Å²) in [4.78, 5) is 18.0. The number of rotatable bonds is 6. The van der Waals surface area contributed by atoms with Crippen molar-refractivity contribution in [3.05, 3.63) is 77.3 Å². The number of aryl methyl sites for hydroxylation is 1. The lowest BCUT2D eigenvalue weighted by atomic mass is 10.0. The molecule has 1 aromatic carbocycles. The first-order chi connectivity index (χ1) is 16.0. The van der Waals surface area contributed by atoms with Gasteiger partial charge in [0.15, 0.2) is 5.11 Å². The van der Waals surface area contributed by atoms with Crippen molar-refractivity contribution in [3.8, 4) is 11.3 Å². The van der Waals surface area contributed by atoms with Crippen LogP contribution >= 0.6 is 12.2 Å². The Morgan fingerprint density at radius 1 is 1.27 bits per heavy atom. The van der Waals surface area contributed by atoms with Crippen LogP contribution in [0.4, 0.5) is 0 Å². The minimum absolute atomic E-state index is 0.134. The fourth-order valence-electron chi connectivity index (χ4n) is 4.65. The molecule has 4 heterocycles. The monoisotopic (exact) mass is 463 g/mol. The molecule has 0 bridgehead atoms. The molecule has 3 aromatic rings. The van der Waals surface area contributed by atoms with Gasteiger partial charge in [0.05, 0.1) is 23.4 Å². The highest BCUT2D eigenvalue weighted by Gasteiger charge is 2.42. The summed E-state index contributed by atoms with van der Waals surface area (Å²) in [6, 6.07) is 14.5. The van der Waals surface area contributed by atoms with Gasteiger partial charge in [-0.1, -0.05) is 12.1 Å². The van der Waals surface area contributed by atoms with E-state index in [9.17, 15) is 9.90 Å². The van der Waals surface area contributed by atoms with Crippen LogP contribution in [0.5, 0.6) is 0 Å². The summed E-state index contributed by atoms with van der Waals surface area (Å²) in [5, 5.41) is 13.4. The number of carboxylic acid groups (broad SMARTS) is 1. The third kappa shape index (κ3) is 4.24. The van der Waals surface area contributed by atoms with Crippen molar-refractivity contribution in [2.24, 2.45) is 0 Å². The minimum Gasteiger partial charge on any atom is -0.478 e. The van der Waals surface area contributed by atoms with Crippen molar-refractivity contribution >= 4 is 23.3 Å². The van der Waals surface area contributed by atoms with Crippen LogP contribution in [0.1, 0.15) is 52.3 Å². The Labute approximate surface area is 197 Å². The zero-order valence-corrected chi connectivity index (χ0v) is 19.0. The van der Waals surface area contributed by atoms with Gasteiger partial charge in [0.1, 0.15) is 17.6 Å². The first kappa shape index (κ1) is 21.6. The van der Waals surface area contributed by atoms with E-state index in [0.29, 0.717) is 17.4 Å². The minimum atomic E-state index is -0.946. The second kappa shape index (κ2) is 8.96. The Bertz CT molecular complexity index is 1170. The maximum Gasteiger partial charge on any atom is 0.335 e. The molecular formula is C25H25N3O4S. The molecule has 2 aromatic heterocycles. The van der Waals surface area contributed by atoms with Gasteiger partial charge in [0, 0.05) is 24.9 Å². The fraction of sp³-hybridized carbons (Fsp3) is 0.320. The van der Waals surface area contributed by atoms with E-state index >= 15 is 0 Å². The third-order valence-electron chi connectivity index (χ3n) is 6.28. The van der Waals surface area contributed by atoms with Gasteiger partial charge < -0.3 is 24.5 Å². The Morgan fingerprint density at radius 3 is 2.85 bits per heavy atom. The fourth-order valence-corrected chi connectivity index (χ4v) is 4.96. The third-order valence-corrected chi connectivity index (χ3v) is 6.63. The Balaban J connectivity index is 1.50. The molecule has 0 radical (unpaired) electrons. The van der Waals surface area contributed by atoms with Gasteiger partial charge in [-0.3, -0.25) is 4.98 Å². The molecule has 3 atom stereocenters. The number of ether oxygens (including phenoxy) is 1. The smallest absolute Gasteiger partial charge is 0.335 e. The van der Waals surface area contributed by atoms with Crippen molar-refractivity contribution in [1.29, 1.82) is 0 Å². The Hall–Kier alpha value is -3.23. The number of nitrogens with zero attached hydrogens (tertiary/aromatic N) is 2. The second-order valence-electron chi connectivity index (χ2n) is 8.45. The number of carboxylic acids is 1. The van der Waals surface area contributed by atoms with E-state index in [1.165, 1.54) is 0 Å². The zero-order chi connectivity index (χ0) is 22.9. The molecule has 2 aliphatic rings. The molecular weight excluding hydrogens is 438 g/mol. The summed E-state index contributed by atoms with van der Waals surface area (Å²) in [7, 11) is 0. The summed E-state index contributed by atoms with van der Waals surface area (Å²) in [6.07, 6.45) is 3.98. The topological polar surface area (TPSA) is 87.8 Å². The summed E-state index contributed by atoms with van der Waals surface area (Å²) in [5.74, 6) is 0.514. The summed E-state index contributed by atoms with van der Waals surface area (Å²) in [6.45, 7) is 3.35. The molecule has 0 aliphatic carbocycles. The van der Waals surface area contributed by atoms with Crippen LogP contribution in [0.25, 0.3) is 11.3 Å². The number of carbonyl (C=O) groups is 1. The average molecular weight is 464 g/mol. The van der Waals surface area contributed by atoms with E-state index in [2.05, 4.69) is 15.2 Å². The molecule has 33 heavy (non-hydrogen) atoms. The number of benzene rings is 1. The van der Waals surface area contributed by atoms with Crippen molar-refractivity contribution in [2.75, 3.05) is 13.2 Å². The van der Waals surface area contributed by atoms with Crippen LogP contribution in [0.2, 0.25) is 0 Å². The Kier molecular flexibility index (Phi) is 5.86. The Morgan fingerprint density at radius 2 is 2.15 bits per heavy atom. The van der Waals surface area contributed by atoms with Crippen molar-refractivity contribution in [3.63, 3.8) is 0 Å². The molecule has 0 unspecified atom stereocenters. The molecule has 7 nitrogen and oxygen atoms in total. The van der Waals surface area contributed by atoms with Gasteiger partial charge in [-0.05, 0) is 73.9 Å². The SMILES string of the molecule is Cc1cc(C(=O)O)ccc1-c1ccc([C@@H]2[C@@H](c3ccccn3)NC(=S)N2C[C@H]2CCCO2)o1. The largest absolute Gasteiger partial charge is 0.478 e. The molecule has 2 saturated heterocycles. The number of hydrogen-bond donors (Lipinski definition) is 2. The zero-order valence-electron chi connectivity index (χ0n) is 18.2. The lowest BCUT2D eigenvalue weighted by molar-refractivity contribution is 0.0696. The predicted molar refractivity (Wildman–Crippen MR) is 127 cm³/mol. The number of furan rings is 1. The van der Waals surface area contributed by atoms with Gasteiger partial charge in [-0.25, -0.2) is 4.79 Å². The number of hydrogen-bond acceptors (Lipinski definition) is 5. The van der Waals surface area contributed by atoms with Crippen molar-refractivity contribution in [2.45, 2.75) is 38.0 Å². The number of aromatic carboxylic acids is 1. The molecule has 2 N–H and O–H groups in total. The lowest BCUT2D eigenvalue weighted by Crippen LogP contribution is -2.36. The van der Waals surface area contributed by atoms with Gasteiger partial charge >= 0.3 is 5.97 Å². The molecule has 2 fully saturated rings. The molecule has 5 rings (SSSR count). The van der Waals surface area contributed by atoms with Gasteiger partial charge in [0.2, 0.25) is 0 Å². The highest BCUT2D eigenvalue weighted by Crippen LogP contribution is 2.41. The summed E-state index contributed by atoms with van der Waals surface area (Å²) in [5.41, 5.74) is 2.85. The van der Waals surface area contributed by atoms with Crippen LogP contribution in [-0.2, 0) is 4.74 Å². The maximum absolute atomic E-state index is 11.3. The van der Waals surface area contributed by atoms with Crippen LogP contribution in [0.15, 0.2) is 59.1 Å². The average Bonchev–Trinajstić information content (AvgIpc) is 3.56. The van der Waals surface area contributed by atoms with Gasteiger partial charge in [-0.15, -0.1) is 0 Å². The molecule has 170 valence electrons. The lowest BCUT2D eigenvalue weighted by Gasteiger charge is -2.28. The van der Waals surface area contributed by atoms with Gasteiger partial charge in [0.25, 0.3) is 0 Å². The highest BCUT2D eigenvalue weighted by molar-refractivity contribution is 7.80. The van der Waals surface area contributed by atoms with E-state index in [4.69, 9.17) is 21.4 Å². The first-order valence-electron chi connectivity index (χ1n) is 11.0. The van der Waals surface area contributed by atoms with Crippen LogP contribution in [0, 0.1) is 6.92 Å². The molecule has 0 spiro atoms. The van der Waals surface area contributed by atoms with Crippen molar-refractivity contribution in [1.82, 2.24) is 15.2 Å². The van der Waals surface area contributed by atoms with E-state index in [0.717, 1.165) is 42.0 Å². The first-order valence-corrected chi connectivity index (χ1v) is 11.5. The van der Waals surface area contributed by atoms with E-state index in [-0.39, 0.29) is 23.8 Å². The van der Waals surface area contributed by atoms with Crippen LogP contribution < -0.4 is 5.32 Å². The number of pyridine rings is 1. The summed E-state index contributed by atoms with van der Waals surface area (Å²) < 4.78 is 12.3. The van der Waals surface area contributed by atoms with Gasteiger partial charge in [-0.2, -0.15) is 0 Å². The summed E-state index contributed by atoms with van der Waals surface area (Å²) >= 11 is 5.72. The predicted octanol–water partition coefficient (Wildman–Crippen LogP) is 4.50. The highest BCUT2D eigenvalue weighted by atomic mass is 32.1. The molecule has 8 heteroatoms. The normalized spacial score (nSPS) is 22.5. The second-order valence-corrected chi connectivity index (χ2v) is 8.84. The van der Waals surface area contributed by atoms with E-state index in [1.807, 2.05) is 37.3 Å².